The summed E-state index contributed by atoms with van der Waals surface area (Å²) in [6.07, 6.45) is 2.12. The number of aromatic amines is 1. The van der Waals surface area contributed by atoms with Crippen molar-refractivity contribution in [3.63, 3.8) is 0 Å². The monoisotopic (exact) mass is 312 g/mol. The highest BCUT2D eigenvalue weighted by molar-refractivity contribution is 7.71. The van der Waals surface area contributed by atoms with Gasteiger partial charge in [0.2, 0.25) is 0 Å². The van der Waals surface area contributed by atoms with Gasteiger partial charge < -0.3 is 9.72 Å². The highest BCUT2D eigenvalue weighted by atomic mass is 32.1. The first-order valence-electron chi connectivity index (χ1n) is 7.49. The van der Waals surface area contributed by atoms with E-state index in [1.807, 2.05) is 36.4 Å². The molecule has 1 aliphatic heterocycles. The van der Waals surface area contributed by atoms with Crippen molar-refractivity contribution >= 4 is 33.9 Å². The minimum Gasteiger partial charge on any atom is -0.376 e. The number of nitrogens with one attached hydrogen (secondary N) is 1. The number of H-pyrrole nitrogens is 1. The molecule has 0 radical (unpaired) electrons. The molecule has 3 aromatic rings. The van der Waals surface area contributed by atoms with E-state index in [0.29, 0.717) is 16.7 Å². The maximum atomic E-state index is 12.8. The first kappa shape index (κ1) is 13.7. The molecule has 1 N–H and O–H groups in total. The lowest BCUT2D eigenvalue weighted by Crippen LogP contribution is -2.27. The molecule has 1 saturated heterocycles. The van der Waals surface area contributed by atoms with Gasteiger partial charge in [0.15, 0.2) is 4.77 Å². The molecule has 1 atom stereocenters. The van der Waals surface area contributed by atoms with Crippen LogP contribution < -0.4 is 5.56 Å². The minimum absolute atomic E-state index is 0.0417. The number of hydrogen-bond acceptors (Lipinski definition) is 3. The van der Waals surface area contributed by atoms with Gasteiger partial charge >= 0.3 is 0 Å². The van der Waals surface area contributed by atoms with Crippen molar-refractivity contribution in [2.75, 3.05) is 6.61 Å². The van der Waals surface area contributed by atoms with Gasteiger partial charge in [-0.25, -0.2) is 0 Å². The van der Waals surface area contributed by atoms with Crippen LogP contribution in [-0.4, -0.2) is 22.3 Å². The number of fused-ring (bicyclic) bond motifs is 2. The molecule has 1 aromatic heterocycles. The number of rotatable bonds is 2. The van der Waals surface area contributed by atoms with E-state index in [1.165, 1.54) is 0 Å². The van der Waals surface area contributed by atoms with Crippen molar-refractivity contribution in [2.24, 2.45) is 0 Å². The van der Waals surface area contributed by atoms with E-state index in [4.69, 9.17) is 17.0 Å². The Morgan fingerprint density at radius 3 is 2.77 bits per heavy atom. The number of ether oxygens (including phenoxy) is 1. The summed E-state index contributed by atoms with van der Waals surface area (Å²) in [5.74, 6) is 0. The third-order valence-electron chi connectivity index (χ3n) is 4.26. The summed E-state index contributed by atoms with van der Waals surface area (Å²) in [4.78, 5) is 16.0. The molecule has 4 rings (SSSR count). The Balaban J connectivity index is 1.92. The lowest BCUT2D eigenvalue weighted by molar-refractivity contribution is 0.0957. The third kappa shape index (κ3) is 2.26. The fourth-order valence-corrected chi connectivity index (χ4v) is 3.37. The molecule has 2 aromatic carbocycles. The molecular weight excluding hydrogens is 296 g/mol. The van der Waals surface area contributed by atoms with Gasteiger partial charge in [0, 0.05) is 6.61 Å². The average Bonchev–Trinajstić information content (AvgIpc) is 3.03. The Kier molecular flexibility index (Phi) is 3.32. The standard InChI is InChI=1S/C17H16N2O2S/c20-16-14-8-11-4-1-2-5-12(11)9-15(14)18-17(22)19(16)10-13-6-3-7-21-13/h1-2,4-5,8-9,13H,3,6-7,10H2,(H,18,22)/t13-/m0/s1. The molecule has 5 heteroatoms. The van der Waals surface area contributed by atoms with Gasteiger partial charge in [0.1, 0.15) is 0 Å². The summed E-state index contributed by atoms with van der Waals surface area (Å²) in [7, 11) is 0. The molecule has 112 valence electrons. The predicted octanol–water partition coefficient (Wildman–Crippen LogP) is 3.39. The molecule has 0 saturated carbocycles. The summed E-state index contributed by atoms with van der Waals surface area (Å²) in [5, 5.41) is 2.82. The largest absolute Gasteiger partial charge is 0.376 e. The maximum absolute atomic E-state index is 12.8. The second-order valence-corrected chi connectivity index (χ2v) is 6.11. The van der Waals surface area contributed by atoms with Gasteiger partial charge in [0.25, 0.3) is 5.56 Å². The Morgan fingerprint density at radius 2 is 2.05 bits per heavy atom. The Morgan fingerprint density at radius 1 is 1.27 bits per heavy atom. The first-order valence-corrected chi connectivity index (χ1v) is 7.90. The maximum Gasteiger partial charge on any atom is 0.262 e. The zero-order valence-electron chi connectivity index (χ0n) is 12.0. The zero-order chi connectivity index (χ0) is 15.1. The summed E-state index contributed by atoms with van der Waals surface area (Å²) < 4.78 is 7.72. The van der Waals surface area contributed by atoms with E-state index >= 15 is 0 Å². The lowest BCUT2D eigenvalue weighted by atomic mass is 10.1. The zero-order valence-corrected chi connectivity index (χ0v) is 12.9. The van der Waals surface area contributed by atoms with Crippen LogP contribution in [0.1, 0.15) is 12.8 Å². The van der Waals surface area contributed by atoms with Crippen LogP contribution in [-0.2, 0) is 11.3 Å². The van der Waals surface area contributed by atoms with Crippen molar-refractivity contribution in [1.82, 2.24) is 9.55 Å². The van der Waals surface area contributed by atoms with Crippen molar-refractivity contribution in [3.8, 4) is 0 Å². The Hall–Kier alpha value is -1.98. The topological polar surface area (TPSA) is 47.0 Å². The van der Waals surface area contributed by atoms with E-state index in [9.17, 15) is 4.79 Å². The summed E-state index contributed by atoms with van der Waals surface area (Å²) >= 11 is 5.38. The number of hydrogen-bond donors (Lipinski definition) is 1. The van der Waals surface area contributed by atoms with Crippen molar-refractivity contribution in [2.45, 2.75) is 25.5 Å². The molecule has 0 amide bonds. The van der Waals surface area contributed by atoms with Crippen LogP contribution in [0.2, 0.25) is 0 Å². The molecule has 0 unspecified atom stereocenters. The van der Waals surface area contributed by atoms with Crippen LogP contribution in [0, 0.1) is 4.77 Å². The molecule has 4 nitrogen and oxygen atoms in total. The molecule has 0 spiro atoms. The number of nitrogens with zero attached hydrogens (tertiary/aromatic N) is 1. The van der Waals surface area contributed by atoms with E-state index in [0.717, 1.165) is 35.7 Å². The molecule has 2 heterocycles. The lowest BCUT2D eigenvalue weighted by Gasteiger charge is -2.13. The van der Waals surface area contributed by atoms with Gasteiger partial charge in [-0.1, -0.05) is 24.3 Å². The summed E-state index contributed by atoms with van der Waals surface area (Å²) in [6, 6.07) is 11.9. The second kappa shape index (κ2) is 5.34. The van der Waals surface area contributed by atoms with E-state index < -0.39 is 0 Å². The fraction of sp³-hybridized carbons (Fsp3) is 0.294. The molecular formula is C17H16N2O2S. The van der Waals surface area contributed by atoms with E-state index in [-0.39, 0.29) is 11.7 Å². The molecule has 1 fully saturated rings. The van der Waals surface area contributed by atoms with Crippen molar-refractivity contribution in [3.05, 3.63) is 51.5 Å². The van der Waals surface area contributed by atoms with Crippen LogP contribution in [0.25, 0.3) is 21.7 Å². The predicted molar refractivity (Wildman–Crippen MR) is 89.9 cm³/mol. The molecule has 1 aliphatic rings. The number of benzene rings is 2. The van der Waals surface area contributed by atoms with Crippen LogP contribution in [0.4, 0.5) is 0 Å². The van der Waals surface area contributed by atoms with Crippen LogP contribution in [0.5, 0.6) is 0 Å². The fourth-order valence-electron chi connectivity index (χ4n) is 3.10. The van der Waals surface area contributed by atoms with E-state index in [2.05, 4.69) is 4.98 Å². The summed E-state index contributed by atoms with van der Waals surface area (Å²) in [6.45, 7) is 1.30. The minimum atomic E-state index is -0.0417. The van der Waals surface area contributed by atoms with Gasteiger partial charge in [-0.2, -0.15) is 0 Å². The van der Waals surface area contributed by atoms with Gasteiger partial charge in [-0.3, -0.25) is 9.36 Å². The SMILES string of the molecule is O=c1c2cc3ccccc3cc2[nH]c(=S)n1C[C@@H]1CCCO1. The van der Waals surface area contributed by atoms with Gasteiger partial charge in [-0.05, 0) is 48.0 Å². The van der Waals surface area contributed by atoms with Crippen molar-refractivity contribution in [1.29, 1.82) is 0 Å². The van der Waals surface area contributed by atoms with Gasteiger partial charge in [-0.15, -0.1) is 0 Å². The Bertz CT molecular complexity index is 968. The van der Waals surface area contributed by atoms with Crippen LogP contribution in [0.15, 0.2) is 41.2 Å². The average molecular weight is 312 g/mol. The quantitative estimate of drug-likeness (QED) is 0.583. The van der Waals surface area contributed by atoms with E-state index in [1.54, 1.807) is 4.57 Å². The molecule has 0 aliphatic carbocycles. The molecule has 22 heavy (non-hydrogen) atoms. The normalized spacial score (nSPS) is 18.3. The highest BCUT2D eigenvalue weighted by Crippen LogP contribution is 2.20. The molecule has 0 bridgehead atoms. The third-order valence-corrected chi connectivity index (χ3v) is 4.58. The summed E-state index contributed by atoms with van der Waals surface area (Å²) in [5.41, 5.74) is 0.747. The van der Waals surface area contributed by atoms with Crippen LogP contribution in [0.3, 0.4) is 0 Å². The number of aromatic nitrogens is 2. The Labute approximate surface area is 132 Å². The highest BCUT2D eigenvalue weighted by Gasteiger charge is 2.18. The van der Waals surface area contributed by atoms with Gasteiger partial charge in [0.05, 0.1) is 23.6 Å². The second-order valence-electron chi connectivity index (χ2n) is 5.73. The first-order chi connectivity index (χ1) is 10.7. The smallest absolute Gasteiger partial charge is 0.262 e. The van der Waals surface area contributed by atoms with Crippen molar-refractivity contribution < 1.29 is 4.74 Å². The van der Waals surface area contributed by atoms with Crippen LogP contribution >= 0.6 is 12.2 Å².